The van der Waals surface area contributed by atoms with Gasteiger partial charge < -0.3 is 9.73 Å². The lowest BCUT2D eigenvalue weighted by Crippen LogP contribution is -2.12. The van der Waals surface area contributed by atoms with E-state index in [9.17, 15) is 4.79 Å². The Morgan fingerprint density at radius 2 is 1.65 bits per heavy atom. The Morgan fingerprint density at radius 3 is 2.42 bits per heavy atom. The molecule has 0 bridgehead atoms. The van der Waals surface area contributed by atoms with Gasteiger partial charge in [0.2, 0.25) is 5.89 Å². The highest BCUT2D eigenvalue weighted by atomic mass is 35.5. The summed E-state index contributed by atoms with van der Waals surface area (Å²) >= 11 is 12.3. The van der Waals surface area contributed by atoms with E-state index in [0.717, 1.165) is 0 Å². The summed E-state index contributed by atoms with van der Waals surface area (Å²) in [5.41, 5.74) is 2.95. The minimum absolute atomic E-state index is 0.287. The lowest BCUT2D eigenvalue weighted by Gasteiger charge is -2.06. The smallest absolute Gasteiger partial charge is 0.257 e. The third-order valence-electron chi connectivity index (χ3n) is 3.87. The largest absolute Gasteiger partial charge is 0.436 e. The number of fused-ring (bicyclic) bond motifs is 1. The molecule has 0 unspecified atom stereocenters. The number of anilines is 1. The van der Waals surface area contributed by atoms with Gasteiger partial charge in [0.05, 0.1) is 21.2 Å². The zero-order valence-electron chi connectivity index (χ0n) is 13.4. The van der Waals surface area contributed by atoms with Crippen LogP contribution in [-0.2, 0) is 0 Å². The number of hydrogen-bond donors (Lipinski definition) is 1. The summed E-state index contributed by atoms with van der Waals surface area (Å²) in [6, 6.07) is 19.5. The van der Waals surface area contributed by atoms with Crippen molar-refractivity contribution in [2.24, 2.45) is 0 Å². The van der Waals surface area contributed by atoms with Crippen molar-refractivity contribution in [2.45, 2.75) is 0 Å². The molecule has 0 fully saturated rings. The van der Waals surface area contributed by atoms with Crippen LogP contribution in [0.5, 0.6) is 0 Å². The second-order valence-corrected chi connectivity index (χ2v) is 6.43. The maximum Gasteiger partial charge on any atom is 0.257 e. The number of nitrogens with zero attached hydrogens (tertiary/aromatic N) is 1. The van der Waals surface area contributed by atoms with Crippen LogP contribution in [0.1, 0.15) is 10.4 Å². The van der Waals surface area contributed by atoms with Crippen molar-refractivity contribution >= 4 is 45.9 Å². The highest BCUT2D eigenvalue weighted by molar-refractivity contribution is 6.34. The van der Waals surface area contributed by atoms with Gasteiger partial charge in [0.25, 0.3) is 5.91 Å². The molecule has 0 radical (unpaired) electrons. The molecule has 0 saturated heterocycles. The molecule has 4 aromatic rings. The van der Waals surface area contributed by atoms with Crippen molar-refractivity contribution in [1.29, 1.82) is 0 Å². The normalized spacial score (nSPS) is 10.8. The van der Waals surface area contributed by atoms with Crippen LogP contribution in [0.15, 0.2) is 71.1 Å². The SMILES string of the molecule is O=C(Nc1ccc2oc(-c3ccccc3Cl)nc2c1)c1ccccc1Cl. The van der Waals surface area contributed by atoms with Crippen LogP contribution < -0.4 is 5.32 Å². The third kappa shape index (κ3) is 3.17. The Labute approximate surface area is 159 Å². The Kier molecular flexibility index (Phi) is 4.37. The van der Waals surface area contributed by atoms with Gasteiger partial charge in [0.1, 0.15) is 5.52 Å². The molecule has 0 spiro atoms. The van der Waals surface area contributed by atoms with Crippen LogP contribution in [0.4, 0.5) is 5.69 Å². The van der Waals surface area contributed by atoms with Crippen LogP contribution in [0, 0.1) is 0 Å². The number of hydrogen-bond acceptors (Lipinski definition) is 3. The van der Waals surface area contributed by atoms with Gasteiger partial charge >= 0.3 is 0 Å². The molecule has 1 heterocycles. The van der Waals surface area contributed by atoms with Gasteiger partial charge in [-0.25, -0.2) is 4.98 Å². The number of aromatic nitrogens is 1. The van der Waals surface area contributed by atoms with Gasteiger partial charge in [-0.1, -0.05) is 47.5 Å². The van der Waals surface area contributed by atoms with Crippen molar-refractivity contribution < 1.29 is 9.21 Å². The second kappa shape index (κ2) is 6.83. The predicted octanol–water partition coefficient (Wildman–Crippen LogP) is 6.05. The predicted molar refractivity (Wildman–Crippen MR) is 104 cm³/mol. The molecule has 26 heavy (non-hydrogen) atoms. The molecule has 6 heteroatoms. The van der Waals surface area contributed by atoms with Crippen LogP contribution in [-0.4, -0.2) is 10.9 Å². The molecule has 1 amide bonds. The zero-order valence-corrected chi connectivity index (χ0v) is 14.9. The van der Waals surface area contributed by atoms with Gasteiger partial charge in [-0.2, -0.15) is 0 Å². The Hall–Kier alpha value is -2.82. The van der Waals surface area contributed by atoms with Gasteiger partial charge in [-0.15, -0.1) is 0 Å². The second-order valence-electron chi connectivity index (χ2n) is 5.62. The fourth-order valence-electron chi connectivity index (χ4n) is 2.60. The van der Waals surface area contributed by atoms with E-state index in [1.54, 1.807) is 48.5 Å². The topological polar surface area (TPSA) is 55.1 Å². The van der Waals surface area contributed by atoms with E-state index in [4.69, 9.17) is 27.6 Å². The minimum Gasteiger partial charge on any atom is -0.436 e. The maximum atomic E-state index is 12.4. The average molecular weight is 383 g/mol. The van der Waals surface area contributed by atoms with Crippen molar-refractivity contribution in [3.8, 4) is 11.5 Å². The van der Waals surface area contributed by atoms with Crippen molar-refractivity contribution in [2.75, 3.05) is 5.32 Å². The molecular formula is C20H12Cl2N2O2. The van der Waals surface area contributed by atoms with E-state index < -0.39 is 0 Å². The van der Waals surface area contributed by atoms with E-state index in [0.29, 0.717) is 43.9 Å². The number of halogens is 2. The number of oxazole rings is 1. The molecule has 128 valence electrons. The van der Waals surface area contributed by atoms with Gasteiger partial charge in [0, 0.05) is 5.69 Å². The number of benzene rings is 3. The van der Waals surface area contributed by atoms with Crippen molar-refractivity contribution in [3.05, 3.63) is 82.3 Å². The molecule has 1 aromatic heterocycles. The van der Waals surface area contributed by atoms with Crippen LogP contribution in [0.3, 0.4) is 0 Å². The molecule has 3 aromatic carbocycles. The highest BCUT2D eigenvalue weighted by Gasteiger charge is 2.13. The lowest BCUT2D eigenvalue weighted by atomic mass is 10.2. The molecule has 0 atom stereocenters. The fourth-order valence-corrected chi connectivity index (χ4v) is 3.04. The van der Waals surface area contributed by atoms with Crippen LogP contribution in [0.25, 0.3) is 22.6 Å². The first kappa shape index (κ1) is 16.6. The molecule has 1 N–H and O–H groups in total. The number of nitrogens with one attached hydrogen (secondary N) is 1. The fraction of sp³-hybridized carbons (Fsp3) is 0. The monoisotopic (exact) mass is 382 g/mol. The highest BCUT2D eigenvalue weighted by Crippen LogP contribution is 2.30. The third-order valence-corrected chi connectivity index (χ3v) is 4.53. The Balaban J connectivity index is 1.65. The van der Waals surface area contributed by atoms with E-state index in [1.165, 1.54) is 0 Å². The number of carbonyl (C=O) groups excluding carboxylic acids is 1. The van der Waals surface area contributed by atoms with E-state index in [1.807, 2.05) is 18.2 Å². The summed E-state index contributed by atoms with van der Waals surface area (Å²) in [5, 5.41) is 3.78. The zero-order chi connectivity index (χ0) is 18.1. The van der Waals surface area contributed by atoms with Gasteiger partial charge in [0.15, 0.2) is 5.58 Å². The average Bonchev–Trinajstić information content (AvgIpc) is 3.05. The maximum absolute atomic E-state index is 12.4. The Morgan fingerprint density at radius 1 is 0.923 bits per heavy atom. The number of rotatable bonds is 3. The number of carbonyl (C=O) groups is 1. The van der Waals surface area contributed by atoms with E-state index in [-0.39, 0.29) is 5.91 Å². The lowest BCUT2D eigenvalue weighted by molar-refractivity contribution is 0.102. The number of amides is 1. The molecular weight excluding hydrogens is 371 g/mol. The molecule has 4 rings (SSSR count). The molecule has 0 saturated carbocycles. The molecule has 0 aliphatic rings. The van der Waals surface area contributed by atoms with Crippen LogP contribution in [0.2, 0.25) is 10.0 Å². The molecule has 0 aliphatic carbocycles. The summed E-state index contributed by atoms with van der Waals surface area (Å²) < 4.78 is 5.77. The van der Waals surface area contributed by atoms with Crippen LogP contribution >= 0.6 is 23.2 Å². The van der Waals surface area contributed by atoms with E-state index in [2.05, 4.69) is 10.3 Å². The summed E-state index contributed by atoms with van der Waals surface area (Å²) in [6.45, 7) is 0. The quantitative estimate of drug-likeness (QED) is 0.468. The first-order chi connectivity index (χ1) is 12.6. The van der Waals surface area contributed by atoms with Gasteiger partial charge in [-0.3, -0.25) is 4.79 Å². The van der Waals surface area contributed by atoms with E-state index >= 15 is 0 Å². The first-order valence-corrected chi connectivity index (χ1v) is 8.59. The Bertz CT molecular complexity index is 1120. The molecule has 4 nitrogen and oxygen atoms in total. The summed E-state index contributed by atoms with van der Waals surface area (Å²) in [6.07, 6.45) is 0. The summed E-state index contributed by atoms with van der Waals surface area (Å²) in [7, 11) is 0. The standard InChI is InChI=1S/C20H12Cl2N2O2/c21-15-7-3-1-5-13(15)19(25)23-12-9-10-18-17(11-12)24-20(26-18)14-6-2-4-8-16(14)22/h1-11H,(H,23,25). The summed E-state index contributed by atoms with van der Waals surface area (Å²) in [5.74, 6) is 0.143. The molecule has 0 aliphatic heterocycles. The van der Waals surface area contributed by atoms with Gasteiger partial charge in [-0.05, 0) is 42.5 Å². The minimum atomic E-state index is -0.287. The van der Waals surface area contributed by atoms with Crippen molar-refractivity contribution in [1.82, 2.24) is 4.98 Å². The summed E-state index contributed by atoms with van der Waals surface area (Å²) in [4.78, 5) is 16.9. The first-order valence-electron chi connectivity index (χ1n) is 7.83. The van der Waals surface area contributed by atoms with Crippen molar-refractivity contribution in [3.63, 3.8) is 0 Å².